The van der Waals surface area contributed by atoms with E-state index in [1.165, 1.54) is 0 Å². The van der Waals surface area contributed by atoms with Crippen LogP contribution in [0, 0.1) is 0 Å². The van der Waals surface area contributed by atoms with Crippen molar-refractivity contribution in [3.8, 4) is 0 Å². The predicted molar refractivity (Wildman–Crippen MR) is 34.2 cm³/mol. The maximum absolute atomic E-state index is 11.9. The molecule has 0 spiro atoms. The second-order valence-corrected chi connectivity index (χ2v) is 1.86. The van der Waals surface area contributed by atoms with Gasteiger partial charge in [-0.3, -0.25) is 0 Å². The number of H-pyrrole nitrogens is 1. The first-order chi connectivity index (χ1) is 5.11. The van der Waals surface area contributed by atoms with Crippen molar-refractivity contribution in [3.05, 3.63) is 22.4 Å². The van der Waals surface area contributed by atoms with Gasteiger partial charge in [-0.25, -0.2) is 13.6 Å². The minimum absolute atomic E-state index is 0.209. The van der Waals surface area contributed by atoms with Crippen LogP contribution < -0.4 is 11.4 Å². The predicted octanol–water partition coefficient (Wildman–Crippen LogP) is 0.290. The number of hydrogen-bond acceptors (Lipinski definition) is 3. The quantitative estimate of drug-likeness (QED) is 0.621. The van der Waals surface area contributed by atoms with E-state index in [-0.39, 0.29) is 5.69 Å². The Bertz CT molecular complexity index is 309. The molecule has 0 aromatic carbocycles. The van der Waals surface area contributed by atoms with E-state index in [1.807, 2.05) is 4.98 Å². The number of nitrogens with one attached hydrogen (secondary N) is 1. The number of alkyl halides is 2. The molecule has 1 rings (SSSR count). The molecule has 60 valence electrons. The number of aromatic amines is 1. The molecular formula is C5H5F2N3O. The lowest BCUT2D eigenvalue weighted by Crippen LogP contribution is -2.14. The molecule has 0 aliphatic carbocycles. The zero-order valence-electron chi connectivity index (χ0n) is 5.34. The molecule has 4 nitrogen and oxygen atoms in total. The lowest BCUT2D eigenvalue weighted by molar-refractivity contribution is 0.146. The van der Waals surface area contributed by atoms with Crippen molar-refractivity contribution < 1.29 is 8.78 Å². The lowest BCUT2D eigenvalue weighted by Gasteiger charge is -2.00. The van der Waals surface area contributed by atoms with Crippen molar-refractivity contribution in [2.75, 3.05) is 5.73 Å². The van der Waals surface area contributed by atoms with Gasteiger partial charge in [-0.05, 0) is 0 Å². The summed E-state index contributed by atoms with van der Waals surface area (Å²) in [5, 5.41) is 0. The Morgan fingerprint density at radius 2 is 2.27 bits per heavy atom. The fourth-order valence-corrected chi connectivity index (χ4v) is 0.598. The minimum Gasteiger partial charge on any atom is -0.396 e. The fourth-order valence-electron chi connectivity index (χ4n) is 0.598. The third kappa shape index (κ3) is 1.51. The van der Waals surface area contributed by atoms with Gasteiger partial charge in [-0.1, -0.05) is 0 Å². The van der Waals surface area contributed by atoms with Crippen LogP contribution in [0.3, 0.4) is 0 Å². The number of aromatic nitrogens is 2. The maximum Gasteiger partial charge on any atom is 0.345 e. The summed E-state index contributed by atoms with van der Waals surface area (Å²) in [4.78, 5) is 15.4. The Hall–Kier alpha value is -1.46. The van der Waals surface area contributed by atoms with Crippen LogP contribution in [0.15, 0.2) is 11.0 Å². The Balaban J connectivity index is 3.23. The van der Waals surface area contributed by atoms with Gasteiger partial charge in [0.1, 0.15) is 5.69 Å². The molecule has 6 heteroatoms. The van der Waals surface area contributed by atoms with Crippen molar-refractivity contribution in [2.45, 2.75) is 6.43 Å². The number of nitrogens with zero attached hydrogens (tertiary/aromatic N) is 1. The van der Waals surface area contributed by atoms with Crippen molar-refractivity contribution in [2.24, 2.45) is 0 Å². The number of nitrogens with two attached hydrogens (primary N) is 1. The summed E-state index contributed by atoms with van der Waals surface area (Å²) in [6, 6.07) is 0. The number of anilines is 1. The molecule has 0 aliphatic heterocycles. The summed E-state index contributed by atoms with van der Waals surface area (Å²) >= 11 is 0. The van der Waals surface area contributed by atoms with Crippen molar-refractivity contribution >= 4 is 5.69 Å². The Kier molecular flexibility index (Phi) is 1.84. The molecular weight excluding hydrogens is 156 g/mol. The monoisotopic (exact) mass is 161 g/mol. The number of nitrogen functional groups attached to an aromatic ring is 1. The van der Waals surface area contributed by atoms with Gasteiger partial charge >= 0.3 is 5.69 Å². The average Bonchev–Trinajstić information content (AvgIpc) is 1.94. The largest absolute Gasteiger partial charge is 0.396 e. The summed E-state index contributed by atoms with van der Waals surface area (Å²) in [6.45, 7) is 0. The summed E-state index contributed by atoms with van der Waals surface area (Å²) in [6.07, 6.45) is -1.87. The molecule has 0 saturated heterocycles. The summed E-state index contributed by atoms with van der Waals surface area (Å²) in [5.74, 6) is 0. The van der Waals surface area contributed by atoms with Crippen LogP contribution in [-0.2, 0) is 0 Å². The van der Waals surface area contributed by atoms with Crippen molar-refractivity contribution in [3.63, 3.8) is 0 Å². The van der Waals surface area contributed by atoms with E-state index >= 15 is 0 Å². The average molecular weight is 161 g/mol. The van der Waals surface area contributed by atoms with Crippen LogP contribution in [0.1, 0.15) is 12.1 Å². The van der Waals surface area contributed by atoms with E-state index in [4.69, 9.17) is 5.73 Å². The number of rotatable bonds is 1. The molecule has 1 aromatic heterocycles. The third-order valence-corrected chi connectivity index (χ3v) is 1.09. The highest BCUT2D eigenvalue weighted by Crippen LogP contribution is 2.19. The first-order valence-electron chi connectivity index (χ1n) is 2.74. The Labute approximate surface area is 60.1 Å². The van der Waals surface area contributed by atoms with E-state index in [2.05, 4.69) is 4.98 Å². The molecule has 0 unspecified atom stereocenters. The lowest BCUT2D eigenvalue weighted by atomic mass is 10.4. The SMILES string of the molecule is Nc1cnc(=O)[nH]c1C(F)F. The molecule has 0 atom stereocenters. The van der Waals surface area contributed by atoms with Gasteiger partial charge in [-0.2, -0.15) is 4.98 Å². The van der Waals surface area contributed by atoms with Crippen LogP contribution in [0.2, 0.25) is 0 Å². The molecule has 3 N–H and O–H groups in total. The number of halogens is 2. The van der Waals surface area contributed by atoms with Gasteiger partial charge in [0, 0.05) is 0 Å². The molecule has 0 radical (unpaired) electrons. The standard InChI is InChI=1S/C5H5F2N3O/c6-4(7)3-2(8)1-9-5(11)10-3/h1,4H,8H2,(H,9,10,11). The zero-order valence-corrected chi connectivity index (χ0v) is 5.34. The van der Waals surface area contributed by atoms with E-state index in [9.17, 15) is 13.6 Å². The van der Waals surface area contributed by atoms with Crippen molar-refractivity contribution in [1.29, 1.82) is 0 Å². The van der Waals surface area contributed by atoms with Gasteiger partial charge in [0.25, 0.3) is 6.43 Å². The zero-order chi connectivity index (χ0) is 8.43. The fraction of sp³-hybridized carbons (Fsp3) is 0.200. The second kappa shape index (κ2) is 2.65. The summed E-state index contributed by atoms with van der Waals surface area (Å²) in [7, 11) is 0. The first-order valence-corrected chi connectivity index (χ1v) is 2.74. The van der Waals surface area contributed by atoms with Gasteiger partial charge < -0.3 is 10.7 Å². The second-order valence-electron chi connectivity index (χ2n) is 1.86. The molecule has 11 heavy (non-hydrogen) atoms. The van der Waals surface area contributed by atoms with Crippen molar-refractivity contribution in [1.82, 2.24) is 9.97 Å². The summed E-state index contributed by atoms with van der Waals surface area (Å²) < 4.78 is 23.9. The normalized spacial score (nSPS) is 10.5. The van der Waals surface area contributed by atoms with Crippen LogP contribution in [0.25, 0.3) is 0 Å². The van der Waals surface area contributed by atoms with E-state index < -0.39 is 17.8 Å². The molecule has 0 fully saturated rings. The minimum atomic E-state index is -2.77. The van der Waals surface area contributed by atoms with Gasteiger partial charge in [0.2, 0.25) is 0 Å². The highest BCUT2D eigenvalue weighted by molar-refractivity contribution is 5.39. The first kappa shape index (κ1) is 7.64. The van der Waals surface area contributed by atoms with E-state index in [1.54, 1.807) is 0 Å². The van der Waals surface area contributed by atoms with Crippen LogP contribution in [0.4, 0.5) is 14.5 Å². The van der Waals surface area contributed by atoms with Crippen LogP contribution in [0.5, 0.6) is 0 Å². The molecule has 0 saturated carbocycles. The molecule has 1 aromatic rings. The summed E-state index contributed by atoms with van der Waals surface area (Å²) in [5.41, 5.74) is 3.47. The Morgan fingerprint density at radius 3 is 2.73 bits per heavy atom. The molecule has 0 bridgehead atoms. The van der Waals surface area contributed by atoms with Crippen LogP contribution >= 0.6 is 0 Å². The third-order valence-electron chi connectivity index (χ3n) is 1.09. The topological polar surface area (TPSA) is 71.8 Å². The highest BCUT2D eigenvalue weighted by atomic mass is 19.3. The van der Waals surface area contributed by atoms with Gasteiger partial charge in [0.15, 0.2) is 0 Å². The molecule has 1 heterocycles. The molecule has 0 amide bonds. The maximum atomic E-state index is 11.9. The Morgan fingerprint density at radius 1 is 1.64 bits per heavy atom. The molecule has 0 aliphatic rings. The highest BCUT2D eigenvalue weighted by Gasteiger charge is 2.11. The smallest absolute Gasteiger partial charge is 0.345 e. The van der Waals surface area contributed by atoms with E-state index in [0.717, 1.165) is 6.20 Å². The number of hydrogen-bond donors (Lipinski definition) is 2. The van der Waals surface area contributed by atoms with Crippen LogP contribution in [-0.4, -0.2) is 9.97 Å². The van der Waals surface area contributed by atoms with E-state index in [0.29, 0.717) is 0 Å². The van der Waals surface area contributed by atoms with Gasteiger partial charge in [0.05, 0.1) is 11.9 Å². The van der Waals surface area contributed by atoms with Gasteiger partial charge in [-0.15, -0.1) is 0 Å².